The zero-order valence-electron chi connectivity index (χ0n) is 18.6. The second-order valence-electron chi connectivity index (χ2n) is 7.39. The van der Waals surface area contributed by atoms with Crippen LogP contribution in [0.5, 0.6) is 0 Å². The number of halogens is 9. The first-order chi connectivity index (χ1) is 14.2. The van der Waals surface area contributed by atoms with Crippen LogP contribution in [-0.2, 0) is 10.1 Å². The summed E-state index contributed by atoms with van der Waals surface area (Å²) in [6.07, 6.45) is -9.56. The molecule has 4 nitrogen and oxygen atoms in total. The van der Waals surface area contributed by atoms with E-state index < -0.39 is 65.5 Å². The van der Waals surface area contributed by atoms with Gasteiger partial charge in [-0.3, -0.25) is 0 Å². The highest BCUT2D eigenvalue weighted by molar-refractivity contribution is 7.86. The Kier molecular flexibility index (Phi) is 13.2. The molecule has 0 rings (SSSR count). The van der Waals surface area contributed by atoms with E-state index in [2.05, 4.69) is 27.7 Å². The number of hydrogen-bond donors (Lipinski definition) is 0. The van der Waals surface area contributed by atoms with E-state index in [1.165, 1.54) is 30.7 Å². The molecule has 0 spiro atoms. The Morgan fingerprint density at radius 1 is 0.656 bits per heavy atom. The van der Waals surface area contributed by atoms with Gasteiger partial charge in [0, 0.05) is 12.8 Å². The molecule has 0 aromatic carbocycles. The second kappa shape index (κ2) is 12.6. The predicted molar refractivity (Wildman–Crippen MR) is 101 cm³/mol. The van der Waals surface area contributed by atoms with Gasteiger partial charge in [-0.25, -0.2) is 8.42 Å². The normalized spacial score (nSPS) is 14.2. The van der Waals surface area contributed by atoms with Gasteiger partial charge in [-0.1, -0.05) is 12.8 Å². The molecule has 0 bridgehead atoms. The molecule has 0 atom stereocenters. The van der Waals surface area contributed by atoms with Gasteiger partial charge < -0.3 is 9.04 Å². The van der Waals surface area contributed by atoms with E-state index in [0.29, 0.717) is 0 Å². The summed E-state index contributed by atoms with van der Waals surface area (Å²) >= 11 is 0. The van der Waals surface area contributed by atoms with Crippen molar-refractivity contribution in [2.75, 3.05) is 26.2 Å². The van der Waals surface area contributed by atoms with E-state index in [1.807, 2.05) is 0 Å². The predicted octanol–water partition coefficient (Wildman–Crippen LogP) is 6.18. The fourth-order valence-corrected chi connectivity index (χ4v) is 3.36. The lowest BCUT2D eigenvalue weighted by Gasteiger charge is -2.34. The Morgan fingerprint density at radius 2 is 1.00 bits per heavy atom. The Hall–Kier alpha value is -0.760. The molecule has 0 aliphatic heterocycles. The van der Waals surface area contributed by atoms with Gasteiger partial charge in [-0.15, -0.1) is 0 Å². The molecule has 0 saturated carbocycles. The number of quaternary nitrogens is 1. The zero-order valence-corrected chi connectivity index (χ0v) is 19.4. The molecule has 32 heavy (non-hydrogen) atoms. The van der Waals surface area contributed by atoms with Crippen molar-refractivity contribution in [3.05, 3.63) is 0 Å². The van der Waals surface area contributed by atoms with E-state index in [9.17, 15) is 52.5 Å². The minimum absolute atomic E-state index is 0.266. The Balaban J connectivity index is 0. The summed E-state index contributed by atoms with van der Waals surface area (Å²) in [5.74, 6) is -12.0. The van der Waals surface area contributed by atoms with Crippen LogP contribution in [0.4, 0.5) is 39.5 Å². The van der Waals surface area contributed by atoms with E-state index >= 15 is 0 Å². The van der Waals surface area contributed by atoms with Crippen LogP contribution in [0.2, 0.25) is 0 Å². The van der Waals surface area contributed by atoms with Crippen LogP contribution in [0.3, 0.4) is 0 Å². The molecule has 0 aromatic rings. The highest BCUT2D eigenvalue weighted by atomic mass is 32.2. The van der Waals surface area contributed by atoms with Gasteiger partial charge in [-0.2, -0.15) is 39.5 Å². The monoisotopic (exact) mass is 513 g/mol. The molecule has 0 aromatic heterocycles. The fourth-order valence-electron chi connectivity index (χ4n) is 2.89. The first-order valence-electron chi connectivity index (χ1n) is 10.2. The third-order valence-electron chi connectivity index (χ3n) is 5.52. The SMILES string of the molecule is CC[N+](CC)(CC)CC.O=S(=O)([O-])C(F)(F)C(F)(F)C(F)(F)CCCCCCC(F)(F)F. The standard InChI is InChI=1S/C10H13F9O3S.C8H20N/c11-7(12,5-3-1-2-4-6-8(13,14)15)9(16,17)10(18,19)23(20,21)22;1-5-9(6-2,7-3)8-4/h1-6H2,(H,20,21,22);5-8H2,1-4H3/q;+1/p-1. The van der Waals surface area contributed by atoms with Gasteiger partial charge in [0.2, 0.25) is 0 Å². The van der Waals surface area contributed by atoms with Gasteiger partial charge in [0.25, 0.3) is 0 Å². The minimum Gasteiger partial charge on any atom is -0.743 e. The van der Waals surface area contributed by atoms with Crippen molar-refractivity contribution in [1.82, 2.24) is 0 Å². The first kappa shape index (κ1) is 33.4. The molecule has 0 fully saturated rings. The molecule has 0 saturated heterocycles. The summed E-state index contributed by atoms with van der Waals surface area (Å²) < 4.78 is 144. The fraction of sp³-hybridized carbons (Fsp3) is 1.00. The highest BCUT2D eigenvalue weighted by Gasteiger charge is 2.74. The first-order valence-corrected chi connectivity index (χ1v) is 11.6. The molecule has 0 unspecified atom stereocenters. The molecule has 0 heterocycles. The largest absolute Gasteiger partial charge is 0.743 e. The summed E-state index contributed by atoms with van der Waals surface area (Å²) in [7, 11) is -7.04. The smallest absolute Gasteiger partial charge is 0.402 e. The summed E-state index contributed by atoms with van der Waals surface area (Å²) in [5, 5.41) is -6.51. The van der Waals surface area contributed by atoms with E-state index in [4.69, 9.17) is 0 Å². The minimum atomic E-state index is -7.04. The van der Waals surface area contributed by atoms with Gasteiger partial charge >= 0.3 is 23.3 Å². The number of hydrogen-bond acceptors (Lipinski definition) is 3. The van der Waals surface area contributed by atoms with Crippen molar-refractivity contribution < 1.29 is 57.0 Å². The summed E-state index contributed by atoms with van der Waals surface area (Å²) in [4.78, 5) is 0. The summed E-state index contributed by atoms with van der Waals surface area (Å²) in [5.41, 5.74) is 0. The zero-order chi connectivity index (χ0) is 26.1. The van der Waals surface area contributed by atoms with E-state index in [0.717, 1.165) is 0 Å². The quantitative estimate of drug-likeness (QED) is 0.128. The lowest BCUT2D eigenvalue weighted by molar-refractivity contribution is -0.921. The molecule has 0 amide bonds. The maximum Gasteiger partial charge on any atom is 0.402 e. The van der Waals surface area contributed by atoms with Gasteiger partial charge in [-0.05, 0) is 40.5 Å². The van der Waals surface area contributed by atoms with Crippen LogP contribution in [0.25, 0.3) is 0 Å². The average Bonchev–Trinajstić information content (AvgIpc) is 2.65. The highest BCUT2D eigenvalue weighted by Crippen LogP contribution is 2.50. The molecule has 14 heteroatoms. The Morgan fingerprint density at radius 3 is 1.25 bits per heavy atom. The average molecular weight is 514 g/mol. The Bertz CT molecular complexity index is 617. The van der Waals surface area contributed by atoms with Crippen LogP contribution in [0.15, 0.2) is 0 Å². The van der Waals surface area contributed by atoms with Crippen molar-refractivity contribution in [1.29, 1.82) is 0 Å². The van der Waals surface area contributed by atoms with Crippen LogP contribution in [0, 0.1) is 0 Å². The maximum absolute atomic E-state index is 13.1. The van der Waals surface area contributed by atoms with Crippen LogP contribution < -0.4 is 0 Å². The van der Waals surface area contributed by atoms with Gasteiger partial charge in [0.1, 0.15) is 0 Å². The number of nitrogens with zero attached hydrogens (tertiary/aromatic N) is 1. The number of alkyl halides is 9. The summed E-state index contributed by atoms with van der Waals surface area (Å²) in [6.45, 7) is 14.2. The molecular weight excluding hydrogens is 481 g/mol. The van der Waals surface area contributed by atoms with Crippen LogP contribution in [0.1, 0.15) is 66.2 Å². The van der Waals surface area contributed by atoms with Crippen LogP contribution >= 0.6 is 0 Å². The van der Waals surface area contributed by atoms with Crippen molar-refractivity contribution in [3.63, 3.8) is 0 Å². The van der Waals surface area contributed by atoms with Gasteiger partial charge in [0.05, 0.1) is 26.2 Å². The Labute approximate surface area is 183 Å². The topological polar surface area (TPSA) is 57.2 Å². The summed E-state index contributed by atoms with van der Waals surface area (Å²) in [6, 6.07) is 0. The van der Waals surface area contributed by atoms with E-state index in [1.54, 1.807) is 0 Å². The molecule has 0 aliphatic carbocycles. The molecule has 0 radical (unpaired) electrons. The lowest BCUT2D eigenvalue weighted by Crippen LogP contribution is -2.57. The lowest BCUT2D eigenvalue weighted by atomic mass is 10.0. The second-order valence-corrected chi connectivity index (χ2v) is 8.81. The third kappa shape index (κ3) is 9.62. The number of rotatable bonds is 13. The van der Waals surface area contributed by atoms with Crippen molar-refractivity contribution in [3.8, 4) is 0 Å². The van der Waals surface area contributed by atoms with Gasteiger partial charge in [0.15, 0.2) is 10.1 Å². The van der Waals surface area contributed by atoms with Crippen LogP contribution in [-0.4, -0.2) is 66.9 Å². The van der Waals surface area contributed by atoms with Crippen molar-refractivity contribution in [2.45, 2.75) is 89.5 Å². The molecule has 0 N–H and O–H groups in total. The maximum atomic E-state index is 13.1. The third-order valence-corrected chi connectivity index (χ3v) is 6.41. The molecule has 196 valence electrons. The van der Waals surface area contributed by atoms with Crippen molar-refractivity contribution >= 4 is 10.1 Å². The van der Waals surface area contributed by atoms with Crippen molar-refractivity contribution in [2.24, 2.45) is 0 Å². The number of unbranched alkanes of at least 4 members (excludes halogenated alkanes) is 3. The van der Waals surface area contributed by atoms with E-state index in [-0.39, 0.29) is 6.42 Å². The molecule has 0 aliphatic rings. The molecular formula is C18H32F9NO3S.